The van der Waals surface area contributed by atoms with Crippen molar-refractivity contribution in [2.75, 3.05) is 25.5 Å². The smallest absolute Gasteiger partial charge is 0.157 e. The predicted octanol–water partition coefficient (Wildman–Crippen LogP) is 2.71. The number of nitrogens with zero attached hydrogens (tertiary/aromatic N) is 4. The quantitative estimate of drug-likeness (QED) is 0.707. The first kappa shape index (κ1) is 17.4. The van der Waals surface area contributed by atoms with Crippen LogP contribution in [0.4, 0.5) is 10.2 Å². The number of fused-ring (bicyclic) bond motifs is 1. The molecule has 146 valence electrons. The third kappa shape index (κ3) is 2.97. The van der Waals surface area contributed by atoms with Crippen LogP contribution in [0.25, 0.3) is 17.0 Å². The lowest BCUT2D eigenvalue weighted by atomic mass is 10.2. The van der Waals surface area contributed by atoms with Gasteiger partial charge in [-0.15, -0.1) is 0 Å². The number of aromatic nitrogens is 4. The normalized spacial score (nSPS) is 22.0. The molecule has 2 N–H and O–H groups in total. The molecule has 0 radical (unpaired) electrons. The Bertz CT molecular complexity index is 1030. The summed E-state index contributed by atoms with van der Waals surface area (Å²) in [6, 6.07) is 5.60. The molecule has 0 bridgehead atoms. The van der Waals surface area contributed by atoms with Crippen molar-refractivity contribution in [3.05, 3.63) is 35.7 Å². The molecule has 2 atom stereocenters. The summed E-state index contributed by atoms with van der Waals surface area (Å²) in [4.78, 5) is 9.24. The van der Waals surface area contributed by atoms with E-state index in [2.05, 4.69) is 15.6 Å². The summed E-state index contributed by atoms with van der Waals surface area (Å²) in [7, 11) is 1.67. The fourth-order valence-corrected chi connectivity index (χ4v) is 3.67. The SMILES string of the molecule is COc1cc2ncc(-c3ccc(C)c(NC4CNCC4F)n3)n2nc1C1CC1. The molecule has 4 heterocycles. The molecule has 0 aromatic carbocycles. The summed E-state index contributed by atoms with van der Waals surface area (Å²) < 4.78 is 21.3. The molecule has 2 fully saturated rings. The van der Waals surface area contributed by atoms with Crippen molar-refractivity contribution in [1.29, 1.82) is 0 Å². The van der Waals surface area contributed by atoms with Crippen LogP contribution < -0.4 is 15.4 Å². The summed E-state index contributed by atoms with van der Waals surface area (Å²) in [6.45, 7) is 2.94. The molecule has 28 heavy (non-hydrogen) atoms. The molecular formula is C20H23FN6O. The van der Waals surface area contributed by atoms with Gasteiger partial charge in [0.1, 0.15) is 29.1 Å². The highest BCUT2D eigenvalue weighted by Gasteiger charge is 2.30. The van der Waals surface area contributed by atoms with E-state index in [0.29, 0.717) is 24.8 Å². The average molecular weight is 382 g/mol. The topological polar surface area (TPSA) is 76.4 Å². The van der Waals surface area contributed by atoms with Gasteiger partial charge in [-0.3, -0.25) is 0 Å². The molecule has 2 unspecified atom stereocenters. The highest BCUT2D eigenvalue weighted by atomic mass is 19.1. The van der Waals surface area contributed by atoms with Gasteiger partial charge in [0.15, 0.2) is 5.65 Å². The van der Waals surface area contributed by atoms with Crippen molar-refractivity contribution in [3.63, 3.8) is 0 Å². The molecule has 1 saturated heterocycles. The number of ether oxygens (including phenoxy) is 1. The first-order valence-electron chi connectivity index (χ1n) is 9.66. The molecular weight excluding hydrogens is 359 g/mol. The van der Waals surface area contributed by atoms with Gasteiger partial charge in [0, 0.05) is 25.1 Å². The second-order valence-electron chi connectivity index (χ2n) is 7.57. The Labute approximate surface area is 162 Å². The Kier molecular flexibility index (Phi) is 4.16. The molecule has 7 nitrogen and oxygen atoms in total. The Balaban J connectivity index is 1.54. The van der Waals surface area contributed by atoms with E-state index < -0.39 is 6.17 Å². The Morgan fingerprint density at radius 3 is 2.86 bits per heavy atom. The van der Waals surface area contributed by atoms with Gasteiger partial charge in [0.05, 0.1) is 25.0 Å². The highest BCUT2D eigenvalue weighted by molar-refractivity contribution is 5.63. The van der Waals surface area contributed by atoms with Crippen molar-refractivity contribution >= 4 is 11.5 Å². The van der Waals surface area contributed by atoms with Crippen LogP contribution in [-0.2, 0) is 0 Å². The molecule has 8 heteroatoms. The largest absolute Gasteiger partial charge is 0.495 e. The Hall–Kier alpha value is -2.74. The summed E-state index contributed by atoms with van der Waals surface area (Å²) in [5, 5.41) is 11.1. The van der Waals surface area contributed by atoms with E-state index in [-0.39, 0.29) is 6.04 Å². The van der Waals surface area contributed by atoms with Gasteiger partial charge in [-0.25, -0.2) is 18.9 Å². The highest BCUT2D eigenvalue weighted by Crippen LogP contribution is 2.43. The number of nitrogens with one attached hydrogen (secondary N) is 2. The fourth-order valence-electron chi connectivity index (χ4n) is 3.67. The molecule has 3 aromatic rings. The zero-order valence-corrected chi connectivity index (χ0v) is 15.9. The molecule has 1 aliphatic heterocycles. The van der Waals surface area contributed by atoms with Crippen molar-refractivity contribution in [3.8, 4) is 17.1 Å². The van der Waals surface area contributed by atoms with Gasteiger partial charge in [-0.2, -0.15) is 5.10 Å². The van der Waals surface area contributed by atoms with Crippen molar-refractivity contribution in [1.82, 2.24) is 24.9 Å². The number of halogens is 1. The minimum Gasteiger partial charge on any atom is -0.495 e. The lowest BCUT2D eigenvalue weighted by molar-refractivity contribution is 0.342. The molecule has 0 spiro atoms. The van der Waals surface area contributed by atoms with Gasteiger partial charge >= 0.3 is 0 Å². The fraction of sp³-hybridized carbons (Fsp3) is 0.450. The zero-order valence-electron chi connectivity index (χ0n) is 15.9. The molecule has 1 saturated carbocycles. The molecule has 5 rings (SSSR count). The monoisotopic (exact) mass is 382 g/mol. The number of pyridine rings is 1. The lowest BCUT2D eigenvalue weighted by Gasteiger charge is -2.17. The van der Waals surface area contributed by atoms with Gasteiger partial charge in [-0.1, -0.05) is 6.07 Å². The van der Waals surface area contributed by atoms with Crippen molar-refractivity contribution in [2.45, 2.75) is 37.9 Å². The van der Waals surface area contributed by atoms with Crippen LogP contribution in [0, 0.1) is 6.92 Å². The van der Waals surface area contributed by atoms with Crippen LogP contribution in [0.3, 0.4) is 0 Å². The summed E-state index contributed by atoms with van der Waals surface area (Å²) in [6.07, 6.45) is 3.12. The van der Waals surface area contributed by atoms with Crippen LogP contribution in [0.2, 0.25) is 0 Å². The van der Waals surface area contributed by atoms with Crippen LogP contribution in [-0.4, -0.2) is 52.0 Å². The van der Waals surface area contributed by atoms with Crippen LogP contribution in [0.15, 0.2) is 24.4 Å². The third-order valence-electron chi connectivity index (χ3n) is 5.49. The van der Waals surface area contributed by atoms with E-state index in [4.69, 9.17) is 14.8 Å². The van der Waals surface area contributed by atoms with E-state index in [1.54, 1.807) is 13.3 Å². The van der Waals surface area contributed by atoms with Crippen molar-refractivity contribution < 1.29 is 9.13 Å². The first-order valence-corrected chi connectivity index (χ1v) is 9.66. The number of hydrogen-bond donors (Lipinski definition) is 2. The average Bonchev–Trinajstić information content (AvgIpc) is 3.35. The number of anilines is 1. The molecule has 1 aliphatic carbocycles. The summed E-state index contributed by atoms with van der Waals surface area (Å²) in [5.74, 6) is 1.93. The third-order valence-corrected chi connectivity index (χ3v) is 5.49. The van der Waals surface area contributed by atoms with Gasteiger partial charge in [0.2, 0.25) is 0 Å². The van der Waals surface area contributed by atoms with Gasteiger partial charge in [0.25, 0.3) is 0 Å². The van der Waals surface area contributed by atoms with E-state index in [1.165, 1.54) is 0 Å². The maximum atomic E-state index is 14.0. The van der Waals surface area contributed by atoms with Crippen molar-refractivity contribution in [2.24, 2.45) is 0 Å². The van der Waals surface area contributed by atoms with Crippen LogP contribution >= 0.6 is 0 Å². The predicted molar refractivity (Wildman–Crippen MR) is 105 cm³/mol. The van der Waals surface area contributed by atoms with Crippen LogP contribution in [0.5, 0.6) is 5.75 Å². The number of imidazole rings is 1. The first-order chi connectivity index (χ1) is 13.6. The second kappa shape index (κ2) is 6.70. The van der Waals surface area contributed by atoms with E-state index in [1.807, 2.05) is 29.6 Å². The molecule has 2 aliphatic rings. The Morgan fingerprint density at radius 2 is 2.14 bits per heavy atom. The van der Waals surface area contributed by atoms with E-state index >= 15 is 0 Å². The zero-order chi connectivity index (χ0) is 19.3. The summed E-state index contributed by atoms with van der Waals surface area (Å²) in [5.41, 5.74) is 4.23. The van der Waals surface area contributed by atoms with E-state index in [0.717, 1.165) is 46.9 Å². The number of methoxy groups -OCH3 is 1. The van der Waals surface area contributed by atoms with E-state index in [9.17, 15) is 4.39 Å². The molecule has 0 amide bonds. The van der Waals surface area contributed by atoms with Gasteiger partial charge < -0.3 is 15.4 Å². The van der Waals surface area contributed by atoms with Crippen LogP contribution in [0.1, 0.15) is 30.0 Å². The summed E-state index contributed by atoms with van der Waals surface area (Å²) >= 11 is 0. The maximum Gasteiger partial charge on any atom is 0.157 e. The maximum absolute atomic E-state index is 14.0. The number of alkyl halides is 1. The number of hydrogen-bond acceptors (Lipinski definition) is 6. The van der Waals surface area contributed by atoms with Gasteiger partial charge in [-0.05, 0) is 31.4 Å². The minimum atomic E-state index is -0.920. The second-order valence-corrected chi connectivity index (χ2v) is 7.57. The Morgan fingerprint density at radius 1 is 1.29 bits per heavy atom. The lowest BCUT2D eigenvalue weighted by Crippen LogP contribution is -2.30. The minimum absolute atomic E-state index is 0.271. The number of aryl methyl sites for hydroxylation is 1. The molecule has 3 aromatic heterocycles. The number of rotatable bonds is 5. The standard InChI is InChI=1S/C20H23FN6O/c1-11-3-6-14(24-20(11)25-15-9-22-8-13(15)21)16-10-23-18-7-17(28-2)19(12-4-5-12)26-27(16)18/h3,6-7,10,12-13,15,22H,4-5,8-9H2,1-2H3,(H,24,25).